The van der Waals surface area contributed by atoms with Crippen LogP contribution in [0.5, 0.6) is 0 Å². The second-order valence-electron chi connectivity index (χ2n) is 4.52. The Morgan fingerprint density at radius 1 is 1.33 bits per heavy atom. The zero-order chi connectivity index (χ0) is 15.8. The number of nitrogens with two attached hydrogens (primary N) is 1. The maximum absolute atomic E-state index is 12.5. The summed E-state index contributed by atoms with van der Waals surface area (Å²) in [6.45, 7) is 3.93. The molecule has 0 aliphatic rings. The molecule has 1 aromatic heterocycles. The standard InChI is InChI=1S/C13H14BrClN2O2S2/c1-7-3-10(14)12(5-11(7)15)17-21(18,19)13-4-9(6-16)20-8(13)2/h3-5,17H,6,16H2,1-2H3. The highest BCUT2D eigenvalue weighted by Crippen LogP contribution is 2.32. The van der Waals surface area contributed by atoms with Gasteiger partial charge in [0, 0.05) is 25.8 Å². The van der Waals surface area contributed by atoms with Crippen LogP contribution in [-0.4, -0.2) is 8.42 Å². The molecule has 0 unspecified atom stereocenters. The van der Waals surface area contributed by atoms with E-state index in [0.717, 1.165) is 10.4 Å². The van der Waals surface area contributed by atoms with Crippen molar-refractivity contribution in [3.8, 4) is 0 Å². The Balaban J connectivity index is 2.42. The molecule has 0 fully saturated rings. The molecule has 3 N–H and O–H groups in total. The van der Waals surface area contributed by atoms with Crippen molar-refractivity contribution in [2.45, 2.75) is 25.3 Å². The maximum Gasteiger partial charge on any atom is 0.263 e. The molecule has 0 saturated heterocycles. The molecular weight excluding hydrogens is 396 g/mol. The normalized spacial score (nSPS) is 11.7. The molecule has 8 heteroatoms. The van der Waals surface area contributed by atoms with Crippen LogP contribution in [0.1, 0.15) is 15.3 Å². The number of aryl methyl sites for hydroxylation is 2. The van der Waals surface area contributed by atoms with Crippen molar-refractivity contribution in [3.05, 3.63) is 43.0 Å². The summed E-state index contributed by atoms with van der Waals surface area (Å²) in [6.07, 6.45) is 0. The number of sulfonamides is 1. The van der Waals surface area contributed by atoms with Gasteiger partial charge in [0.05, 0.1) is 5.69 Å². The third-order valence-corrected chi connectivity index (χ3v) is 6.66. The Morgan fingerprint density at radius 3 is 2.57 bits per heavy atom. The van der Waals surface area contributed by atoms with Crippen LogP contribution in [0.15, 0.2) is 27.6 Å². The largest absolute Gasteiger partial charge is 0.326 e. The quantitative estimate of drug-likeness (QED) is 0.800. The second-order valence-corrected chi connectivity index (χ2v) is 8.78. The number of thiophene rings is 1. The molecule has 1 heterocycles. The molecule has 0 radical (unpaired) electrons. The Morgan fingerprint density at radius 2 is 2.00 bits per heavy atom. The second kappa shape index (κ2) is 6.26. The molecule has 0 bridgehead atoms. The Bertz CT molecular complexity index is 788. The van der Waals surface area contributed by atoms with Crippen LogP contribution >= 0.6 is 38.9 Å². The lowest BCUT2D eigenvalue weighted by atomic mass is 10.2. The van der Waals surface area contributed by atoms with Gasteiger partial charge < -0.3 is 5.73 Å². The fourth-order valence-electron chi connectivity index (χ4n) is 1.82. The van der Waals surface area contributed by atoms with Crippen molar-refractivity contribution in [1.82, 2.24) is 0 Å². The first-order valence-corrected chi connectivity index (χ1v) is 9.49. The summed E-state index contributed by atoms with van der Waals surface area (Å²) in [5.74, 6) is 0. The van der Waals surface area contributed by atoms with E-state index in [1.165, 1.54) is 11.3 Å². The van der Waals surface area contributed by atoms with Gasteiger partial charge in [0.25, 0.3) is 10.0 Å². The van der Waals surface area contributed by atoms with Crippen LogP contribution in [0.25, 0.3) is 0 Å². The van der Waals surface area contributed by atoms with Crippen molar-refractivity contribution in [3.63, 3.8) is 0 Å². The number of rotatable bonds is 4. The van der Waals surface area contributed by atoms with Crippen LogP contribution in [0, 0.1) is 13.8 Å². The molecule has 0 aliphatic carbocycles. The summed E-state index contributed by atoms with van der Waals surface area (Å²) in [4.78, 5) is 1.78. The minimum atomic E-state index is -3.67. The van der Waals surface area contributed by atoms with Crippen molar-refractivity contribution in [2.24, 2.45) is 5.73 Å². The van der Waals surface area contributed by atoms with Crippen molar-refractivity contribution >= 4 is 54.6 Å². The first kappa shape index (κ1) is 16.8. The fourth-order valence-corrected chi connectivity index (χ4v) is 5.25. The van der Waals surface area contributed by atoms with E-state index in [1.807, 2.05) is 6.92 Å². The fraction of sp³-hybridized carbons (Fsp3) is 0.231. The summed E-state index contributed by atoms with van der Waals surface area (Å²) in [5, 5.41) is 0.501. The Kier molecular flexibility index (Phi) is 4.99. The predicted octanol–water partition coefficient (Wildman–Crippen LogP) is 4.04. The minimum Gasteiger partial charge on any atom is -0.326 e. The number of hydrogen-bond donors (Lipinski definition) is 2. The molecule has 2 aromatic rings. The maximum atomic E-state index is 12.5. The highest BCUT2D eigenvalue weighted by Gasteiger charge is 2.21. The number of hydrogen-bond acceptors (Lipinski definition) is 4. The van der Waals surface area contributed by atoms with Gasteiger partial charge in [-0.3, -0.25) is 4.72 Å². The molecule has 114 valence electrons. The third-order valence-electron chi connectivity index (χ3n) is 2.91. The first-order valence-electron chi connectivity index (χ1n) is 6.02. The van der Waals surface area contributed by atoms with E-state index in [-0.39, 0.29) is 4.90 Å². The van der Waals surface area contributed by atoms with Gasteiger partial charge in [0.2, 0.25) is 0 Å². The zero-order valence-corrected chi connectivity index (χ0v) is 15.4. The summed E-state index contributed by atoms with van der Waals surface area (Å²) in [7, 11) is -3.67. The van der Waals surface area contributed by atoms with Gasteiger partial charge in [-0.2, -0.15) is 0 Å². The monoisotopic (exact) mass is 408 g/mol. The van der Waals surface area contributed by atoms with Crippen LogP contribution in [0.4, 0.5) is 5.69 Å². The molecule has 21 heavy (non-hydrogen) atoms. The number of nitrogens with one attached hydrogen (secondary N) is 1. The van der Waals surface area contributed by atoms with Gasteiger partial charge in [-0.05, 0) is 53.5 Å². The van der Waals surface area contributed by atoms with E-state index >= 15 is 0 Å². The van der Waals surface area contributed by atoms with E-state index in [9.17, 15) is 8.42 Å². The lowest BCUT2D eigenvalue weighted by Crippen LogP contribution is -2.13. The van der Waals surface area contributed by atoms with Crippen LogP contribution in [0.3, 0.4) is 0 Å². The summed E-state index contributed by atoms with van der Waals surface area (Å²) in [6, 6.07) is 4.96. The molecule has 1 aromatic carbocycles. The Labute approximate surface area is 141 Å². The van der Waals surface area contributed by atoms with Crippen molar-refractivity contribution in [2.75, 3.05) is 4.72 Å². The van der Waals surface area contributed by atoms with Crippen molar-refractivity contribution in [1.29, 1.82) is 0 Å². The topological polar surface area (TPSA) is 72.2 Å². The van der Waals surface area contributed by atoms with Crippen molar-refractivity contribution < 1.29 is 8.42 Å². The summed E-state index contributed by atoms with van der Waals surface area (Å²) in [5.41, 5.74) is 6.83. The van der Waals surface area contributed by atoms with Gasteiger partial charge in [-0.25, -0.2) is 8.42 Å². The molecular formula is C13H14BrClN2O2S2. The molecule has 4 nitrogen and oxygen atoms in total. The van der Waals surface area contributed by atoms with Crippen LogP contribution in [0.2, 0.25) is 5.02 Å². The number of benzene rings is 1. The summed E-state index contributed by atoms with van der Waals surface area (Å²) < 4.78 is 28.2. The Hall–Kier alpha value is -0.600. The van der Waals surface area contributed by atoms with E-state index < -0.39 is 10.0 Å². The molecule has 0 saturated carbocycles. The van der Waals surface area contributed by atoms with Gasteiger partial charge >= 0.3 is 0 Å². The predicted molar refractivity (Wildman–Crippen MR) is 91.6 cm³/mol. The van der Waals surface area contributed by atoms with Gasteiger partial charge in [-0.15, -0.1) is 11.3 Å². The SMILES string of the molecule is Cc1cc(Br)c(NS(=O)(=O)c2cc(CN)sc2C)cc1Cl. The molecule has 0 amide bonds. The van der Waals surface area contributed by atoms with Gasteiger partial charge in [-0.1, -0.05) is 11.6 Å². The lowest BCUT2D eigenvalue weighted by molar-refractivity contribution is 0.601. The van der Waals surface area contributed by atoms with Crippen LogP contribution < -0.4 is 10.5 Å². The minimum absolute atomic E-state index is 0.247. The number of anilines is 1. The van der Waals surface area contributed by atoms with E-state index in [2.05, 4.69) is 20.7 Å². The first-order chi connectivity index (χ1) is 9.74. The molecule has 0 aliphatic heterocycles. The molecule has 2 rings (SSSR count). The van der Waals surface area contributed by atoms with E-state index in [4.69, 9.17) is 17.3 Å². The van der Waals surface area contributed by atoms with Gasteiger partial charge in [0.1, 0.15) is 4.90 Å². The lowest BCUT2D eigenvalue weighted by Gasteiger charge is -2.11. The average molecular weight is 410 g/mol. The highest BCUT2D eigenvalue weighted by atomic mass is 79.9. The van der Waals surface area contributed by atoms with E-state index in [0.29, 0.717) is 26.6 Å². The average Bonchev–Trinajstić information content (AvgIpc) is 2.78. The van der Waals surface area contributed by atoms with Crippen LogP contribution in [-0.2, 0) is 16.6 Å². The van der Waals surface area contributed by atoms with Gasteiger partial charge in [0.15, 0.2) is 0 Å². The summed E-state index contributed by atoms with van der Waals surface area (Å²) >= 11 is 10.8. The molecule has 0 atom stereocenters. The number of halogens is 2. The molecule has 0 spiro atoms. The zero-order valence-electron chi connectivity index (χ0n) is 11.4. The third kappa shape index (κ3) is 3.60. The highest BCUT2D eigenvalue weighted by molar-refractivity contribution is 9.10. The van der Waals surface area contributed by atoms with E-state index in [1.54, 1.807) is 25.1 Å². The smallest absolute Gasteiger partial charge is 0.263 e.